The van der Waals surface area contributed by atoms with Crippen molar-refractivity contribution in [2.45, 2.75) is 25.9 Å². The Labute approximate surface area is 169 Å². The molecule has 1 N–H and O–H groups in total. The Morgan fingerprint density at radius 3 is 2.67 bits per heavy atom. The first-order valence-electron chi connectivity index (χ1n) is 7.68. The van der Waals surface area contributed by atoms with Crippen molar-refractivity contribution in [1.82, 2.24) is 4.72 Å². The van der Waals surface area contributed by atoms with Crippen LogP contribution in [0.1, 0.15) is 25.8 Å². The van der Waals surface area contributed by atoms with Crippen LogP contribution in [0.2, 0.25) is 5.02 Å². The number of hydrogen-bond acceptors (Lipinski definition) is 6. The second-order valence-corrected chi connectivity index (χ2v) is 8.85. The maximum Gasteiger partial charge on any atom is 0.308 e. The van der Waals surface area contributed by atoms with Crippen molar-refractivity contribution < 1.29 is 31.9 Å². The quantitative estimate of drug-likeness (QED) is 0.472. The molecule has 11 heteroatoms. The van der Waals surface area contributed by atoms with Gasteiger partial charge in [-0.1, -0.05) is 33.6 Å². The van der Waals surface area contributed by atoms with Crippen LogP contribution in [0.25, 0.3) is 0 Å². The maximum atomic E-state index is 13.4. The molecule has 0 saturated carbocycles. The number of hydrogen-bond donors (Lipinski definition) is 1. The normalized spacial score (nSPS) is 19.8. The van der Waals surface area contributed by atoms with E-state index in [1.54, 1.807) is 0 Å². The van der Waals surface area contributed by atoms with Crippen LogP contribution in [0.4, 0.5) is 4.39 Å². The van der Waals surface area contributed by atoms with E-state index >= 15 is 0 Å². The van der Waals surface area contributed by atoms with Gasteiger partial charge in [-0.15, -0.1) is 0 Å². The number of carbonyl (C=O) groups is 2. The van der Waals surface area contributed by atoms with E-state index in [1.807, 2.05) is 0 Å². The Hall–Kier alpha value is -1.65. The van der Waals surface area contributed by atoms with Crippen LogP contribution in [0.5, 0.6) is 0 Å². The summed E-state index contributed by atoms with van der Waals surface area (Å²) in [5, 5.41) is 0.209. The molecule has 1 aromatic rings. The van der Waals surface area contributed by atoms with Crippen LogP contribution in [-0.2, 0) is 34.7 Å². The van der Waals surface area contributed by atoms with E-state index in [-0.39, 0.29) is 16.3 Å². The highest BCUT2D eigenvalue weighted by Gasteiger charge is 2.50. The summed E-state index contributed by atoms with van der Waals surface area (Å²) in [5.74, 6) is -3.66. The number of Topliss-reactive ketones (excluding diaryl/α,β-unsaturated/α-hetero) is 1. The van der Waals surface area contributed by atoms with Crippen LogP contribution in [0, 0.1) is 5.82 Å². The summed E-state index contributed by atoms with van der Waals surface area (Å²) in [6, 6.07) is 3.50. The summed E-state index contributed by atoms with van der Waals surface area (Å²) >= 11 is 8.89. The van der Waals surface area contributed by atoms with Gasteiger partial charge < -0.3 is 9.47 Å². The zero-order chi connectivity index (χ0) is 20.4. The lowest BCUT2D eigenvalue weighted by Gasteiger charge is -2.24. The van der Waals surface area contributed by atoms with Crippen molar-refractivity contribution in [2.24, 2.45) is 0 Å². The Balaban J connectivity index is 2.43. The van der Waals surface area contributed by atoms with Crippen molar-refractivity contribution in [1.29, 1.82) is 0 Å². The van der Waals surface area contributed by atoms with Crippen LogP contribution in [0.15, 0.2) is 29.8 Å². The van der Waals surface area contributed by atoms with Gasteiger partial charge >= 0.3 is 5.97 Å². The minimum Gasteiger partial charge on any atom is -0.456 e. The van der Waals surface area contributed by atoms with Crippen molar-refractivity contribution in [2.75, 3.05) is 11.1 Å². The molecule has 1 aromatic carbocycles. The summed E-state index contributed by atoms with van der Waals surface area (Å²) in [6.45, 7) is 2.39. The van der Waals surface area contributed by atoms with Crippen LogP contribution in [-0.4, -0.2) is 31.3 Å². The first-order valence-corrected chi connectivity index (χ1v) is 10.8. The van der Waals surface area contributed by atoms with E-state index < -0.39 is 44.8 Å². The van der Waals surface area contributed by atoms with E-state index in [1.165, 1.54) is 19.1 Å². The highest BCUT2D eigenvalue weighted by Crippen LogP contribution is 2.39. The minimum absolute atomic E-state index is 0.165. The lowest BCUT2D eigenvalue weighted by molar-refractivity contribution is -0.142. The Bertz CT molecular complexity index is 919. The Kier molecular flexibility index (Phi) is 6.54. The molecule has 0 radical (unpaired) electrons. The van der Waals surface area contributed by atoms with Gasteiger partial charge in [0.05, 0.1) is 10.8 Å². The number of sulfonamides is 1. The van der Waals surface area contributed by atoms with Crippen LogP contribution in [0.3, 0.4) is 0 Å². The van der Waals surface area contributed by atoms with Gasteiger partial charge in [-0.2, -0.15) is 0 Å². The predicted octanol–water partition coefficient (Wildman–Crippen LogP) is 2.73. The fourth-order valence-electron chi connectivity index (χ4n) is 2.34. The Morgan fingerprint density at radius 2 is 2.11 bits per heavy atom. The molecule has 7 nitrogen and oxygen atoms in total. The maximum absolute atomic E-state index is 13.4. The van der Waals surface area contributed by atoms with Gasteiger partial charge in [0, 0.05) is 17.8 Å². The number of ether oxygens (including phenoxy) is 2. The molecule has 148 valence electrons. The van der Waals surface area contributed by atoms with Crippen LogP contribution < -0.4 is 4.72 Å². The molecular formula is C16H16BrClFNO6S. The number of ketones is 1. The predicted molar refractivity (Wildman–Crippen MR) is 99.0 cm³/mol. The largest absolute Gasteiger partial charge is 0.456 e. The fraction of sp³-hybridized carbons (Fsp3) is 0.375. The lowest BCUT2D eigenvalue weighted by atomic mass is 9.91. The van der Waals surface area contributed by atoms with E-state index in [0.29, 0.717) is 11.8 Å². The number of halogens is 3. The lowest BCUT2D eigenvalue weighted by Crippen LogP contribution is -2.33. The van der Waals surface area contributed by atoms with E-state index in [9.17, 15) is 22.4 Å². The second kappa shape index (κ2) is 8.15. The zero-order valence-electron chi connectivity index (χ0n) is 14.3. The average molecular weight is 485 g/mol. The highest BCUT2D eigenvalue weighted by molar-refractivity contribution is 9.09. The molecule has 1 aliphatic heterocycles. The molecule has 0 aromatic heterocycles. The number of benzene rings is 1. The van der Waals surface area contributed by atoms with Gasteiger partial charge in [-0.25, -0.2) is 12.8 Å². The summed E-state index contributed by atoms with van der Waals surface area (Å²) < 4.78 is 50.3. The molecule has 0 fully saturated rings. The second-order valence-electron chi connectivity index (χ2n) is 5.81. The summed E-state index contributed by atoms with van der Waals surface area (Å²) in [6.07, 6.45) is 0.310. The molecule has 1 unspecified atom stereocenters. The van der Waals surface area contributed by atoms with E-state index in [2.05, 4.69) is 20.7 Å². The molecule has 0 aliphatic carbocycles. The van der Waals surface area contributed by atoms with Gasteiger partial charge in [-0.05, 0) is 25.5 Å². The third-order valence-corrected chi connectivity index (χ3v) is 5.84. The minimum atomic E-state index is -3.86. The van der Waals surface area contributed by atoms with E-state index in [4.69, 9.17) is 21.1 Å². The fourth-order valence-corrected chi connectivity index (χ4v) is 4.22. The molecule has 27 heavy (non-hydrogen) atoms. The van der Waals surface area contributed by atoms with E-state index in [0.717, 1.165) is 13.0 Å². The van der Waals surface area contributed by atoms with Crippen molar-refractivity contribution in [3.05, 3.63) is 46.2 Å². The van der Waals surface area contributed by atoms with Crippen LogP contribution >= 0.6 is 27.5 Å². The summed E-state index contributed by atoms with van der Waals surface area (Å²) in [5.41, 5.74) is -1.59. The number of esters is 1. The molecule has 0 amide bonds. The first-order chi connectivity index (χ1) is 12.5. The Morgan fingerprint density at radius 1 is 1.44 bits per heavy atom. The first kappa shape index (κ1) is 21.6. The summed E-state index contributed by atoms with van der Waals surface area (Å²) in [4.78, 5) is 24.2. The topological polar surface area (TPSA) is 98.8 Å². The molecule has 0 saturated heterocycles. The van der Waals surface area contributed by atoms with Crippen molar-refractivity contribution >= 4 is 49.3 Å². The SMILES string of the molecule is CC(=O)OC1=C(NS(=O)(=O)CCCBr)OC(C)(c2ccc(F)c(Cl)c2)C1=O. The van der Waals surface area contributed by atoms with Gasteiger partial charge in [0.2, 0.25) is 21.7 Å². The van der Waals surface area contributed by atoms with Gasteiger partial charge in [-0.3, -0.25) is 14.3 Å². The standard InChI is InChI=1S/C16H16BrClFNO6S/c1-9(21)25-13-14(22)16(2,10-4-5-12(19)11(18)8-10)26-15(13)20-27(23,24)7-3-6-17/h4-5,8,20H,3,6-7H2,1-2H3. The number of carbonyl (C=O) groups excluding carboxylic acids is 2. The molecule has 0 spiro atoms. The molecular weight excluding hydrogens is 469 g/mol. The number of alkyl halides is 1. The monoisotopic (exact) mass is 483 g/mol. The summed E-state index contributed by atoms with van der Waals surface area (Å²) in [7, 11) is -3.86. The van der Waals surface area contributed by atoms with Gasteiger partial charge in [0.15, 0.2) is 5.60 Å². The highest BCUT2D eigenvalue weighted by atomic mass is 79.9. The molecule has 0 bridgehead atoms. The van der Waals surface area contributed by atoms with Gasteiger partial charge in [0.1, 0.15) is 5.82 Å². The molecule has 1 aliphatic rings. The average Bonchev–Trinajstić information content (AvgIpc) is 2.80. The molecule has 2 rings (SSSR count). The smallest absolute Gasteiger partial charge is 0.308 e. The number of nitrogens with one attached hydrogen (secondary N) is 1. The third-order valence-electron chi connectivity index (χ3n) is 3.66. The molecule has 1 atom stereocenters. The zero-order valence-corrected chi connectivity index (χ0v) is 17.5. The van der Waals surface area contributed by atoms with Crippen molar-refractivity contribution in [3.63, 3.8) is 0 Å². The number of rotatable bonds is 7. The third kappa shape index (κ3) is 4.80. The molecule has 1 heterocycles. The van der Waals surface area contributed by atoms with Gasteiger partial charge in [0.25, 0.3) is 5.78 Å². The van der Waals surface area contributed by atoms with Crippen molar-refractivity contribution in [3.8, 4) is 0 Å².